The molecule has 0 bridgehead atoms. The largest absolute Gasteiger partial charge is 0.383 e. The number of ether oxygens (including phenoxy) is 1. The van der Waals surface area contributed by atoms with E-state index in [1.807, 2.05) is 0 Å². The first-order valence-corrected chi connectivity index (χ1v) is 5.62. The van der Waals surface area contributed by atoms with Gasteiger partial charge in [-0.2, -0.15) is 0 Å². The fourth-order valence-corrected chi connectivity index (χ4v) is 1.68. The molecule has 0 atom stereocenters. The van der Waals surface area contributed by atoms with E-state index in [9.17, 15) is 0 Å². The van der Waals surface area contributed by atoms with Gasteiger partial charge in [-0.3, -0.25) is 0 Å². The van der Waals surface area contributed by atoms with Crippen molar-refractivity contribution in [2.45, 2.75) is 26.3 Å². The lowest BCUT2D eigenvalue weighted by Crippen LogP contribution is -2.20. The molecule has 0 radical (unpaired) electrons. The molecule has 1 aromatic heterocycles. The van der Waals surface area contributed by atoms with Crippen molar-refractivity contribution in [3.05, 3.63) is 23.5 Å². The maximum absolute atomic E-state index is 4.98. The number of nitrogens with zero attached hydrogens (tertiary/aromatic N) is 1. The van der Waals surface area contributed by atoms with Gasteiger partial charge in [0, 0.05) is 38.6 Å². The smallest absolute Gasteiger partial charge is 0.0587 e. The molecule has 0 aliphatic heterocycles. The SMILES string of the molecule is CCCc1ccc(CNCCOC)n1C. The van der Waals surface area contributed by atoms with Crippen LogP contribution in [0.3, 0.4) is 0 Å². The van der Waals surface area contributed by atoms with Gasteiger partial charge in [-0.15, -0.1) is 0 Å². The summed E-state index contributed by atoms with van der Waals surface area (Å²) in [4.78, 5) is 0. The molecule has 0 unspecified atom stereocenters. The van der Waals surface area contributed by atoms with Crippen molar-refractivity contribution in [1.82, 2.24) is 9.88 Å². The number of aryl methyl sites for hydroxylation is 1. The zero-order valence-corrected chi connectivity index (χ0v) is 10.0. The molecule has 86 valence electrons. The molecule has 0 saturated carbocycles. The highest BCUT2D eigenvalue weighted by Gasteiger charge is 2.02. The molecule has 0 fully saturated rings. The highest BCUT2D eigenvalue weighted by Crippen LogP contribution is 2.08. The van der Waals surface area contributed by atoms with E-state index in [4.69, 9.17) is 4.74 Å². The summed E-state index contributed by atoms with van der Waals surface area (Å²) in [6.45, 7) is 4.81. The van der Waals surface area contributed by atoms with Gasteiger partial charge in [0.1, 0.15) is 0 Å². The van der Waals surface area contributed by atoms with Crippen molar-refractivity contribution in [1.29, 1.82) is 0 Å². The van der Waals surface area contributed by atoms with E-state index in [0.717, 1.165) is 26.1 Å². The molecule has 0 amide bonds. The maximum atomic E-state index is 4.98. The first-order chi connectivity index (χ1) is 7.29. The Morgan fingerprint density at radius 3 is 2.73 bits per heavy atom. The zero-order chi connectivity index (χ0) is 11.1. The predicted molar refractivity (Wildman–Crippen MR) is 63.0 cm³/mol. The summed E-state index contributed by atoms with van der Waals surface area (Å²) in [6.07, 6.45) is 2.36. The Morgan fingerprint density at radius 2 is 2.07 bits per heavy atom. The van der Waals surface area contributed by atoms with E-state index in [-0.39, 0.29) is 0 Å². The minimum atomic E-state index is 0.770. The molecule has 1 aromatic rings. The summed E-state index contributed by atoms with van der Waals surface area (Å²) in [7, 11) is 3.86. The van der Waals surface area contributed by atoms with Gasteiger partial charge in [-0.1, -0.05) is 13.3 Å². The second-order valence-electron chi connectivity index (χ2n) is 3.79. The third-order valence-electron chi connectivity index (χ3n) is 2.62. The van der Waals surface area contributed by atoms with Crippen LogP contribution in [0.5, 0.6) is 0 Å². The topological polar surface area (TPSA) is 26.2 Å². The number of hydrogen-bond acceptors (Lipinski definition) is 2. The van der Waals surface area contributed by atoms with Gasteiger partial charge in [0.15, 0.2) is 0 Å². The molecule has 3 nitrogen and oxygen atoms in total. The van der Waals surface area contributed by atoms with E-state index >= 15 is 0 Å². The number of methoxy groups -OCH3 is 1. The van der Waals surface area contributed by atoms with Crippen molar-refractivity contribution in [2.24, 2.45) is 7.05 Å². The minimum absolute atomic E-state index is 0.770. The molecule has 0 spiro atoms. The molecule has 0 aliphatic rings. The monoisotopic (exact) mass is 210 g/mol. The van der Waals surface area contributed by atoms with E-state index in [2.05, 4.69) is 36.0 Å². The van der Waals surface area contributed by atoms with E-state index in [1.165, 1.54) is 17.8 Å². The summed E-state index contributed by atoms with van der Waals surface area (Å²) in [5.41, 5.74) is 2.76. The fourth-order valence-electron chi connectivity index (χ4n) is 1.68. The number of hydrogen-bond donors (Lipinski definition) is 1. The molecule has 1 heterocycles. The molecule has 3 heteroatoms. The first kappa shape index (κ1) is 12.3. The average molecular weight is 210 g/mol. The second kappa shape index (κ2) is 6.64. The Balaban J connectivity index is 2.40. The number of nitrogens with one attached hydrogen (secondary N) is 1. The lowest BCUT2D eigenvalue weighted by atomic mass is 10.2. The van der Waals surface area contributed by atoms with Gasteiger partial charge >= 0.3 is 0 Å². The van der Waals surface area contributed by atoms with E-state index < -0.39 is 0 Å². The highest BCUT2D eigenvalue weighted by atomic mass is 16.5. The Hall–Kier alpha value is -0.800. The Morgan fingerprint density at radius 1 is 1.33 bits per heavy atom. The van der Waals surface area contributed by atoms with Crippen molar-refractivity contribution in [3.8, 4) is 0 Å². The van der Waals surface area contributed by atoms with Crippen LogP contribution in [-0.4, -0.2) is 24.8 Å². The summed E-state index contributed by atoms with van der Waals surface area (Å²) >= 11 is 0. The molecule has 0 aliphatic carbocycles. The average Bonchev–Trinajstić information content (AvgIpc) is 2.57. The molecule has 1 rings (SSSR count). The van der Waals surface area contributed by atoms with Gasteiger partial charge in [-0.25, -0.2) is 0 Å². The third kappa shape index (κ3) is 3.68. The lowest BCUT2D eigenvalue weighted by molar-refractivity contribution is 0.199. The molecular weight excluding hydrogens is 188 g/mol. The third-order valence-corrected chi connectivity index (χ3v) is 2.62. The first-order valence-electron chi connectivity index (χ1n) is 5.62. The molecule has 0 saturated heterocycles. The van der Waals surface area contributed by atoms with Gasteiger partial charge < -0.3 is 14.6 Å². The van der Waals surface area contributed by atoms with Gasteiger partial charge in [0.05, 0.1) is 6.61 Å². The quantitative estimate of drug-likeness (QED) is 0.693. The van der Waals surface area contributed by atoms with Crippen LogP contribution in [-0.2, 0) is 24.8 Å². The summed E-state index contributed by atoms with van der Waals surface area (Å²) in [5, 5.41) is 3.35. The maximum Gasteiger partial charge on any atom is 0.0587 e. The van der Waals surface area contributed by atoms with Gasteiger partial charge in [-0.05, 0) is 18.6 Å². The van der Waals surface area contributed by atoms with Crippen LogP contribution in [0.2, 0.25) is 0 Å². The normalized spacial score (nSPS) is 10.9. The molecule has 0 aromatic carbocycles. The summed E-state index contributed by atoms with van der Waals surface area (Å²) in [5.74, 6) is 0. The second-order valence-corrected chi connectivity index (χ2v) is 3.79. The van der Waals surface area contributed by atoms with E-state index in [1.54, 1.807) is 7.11 Å². The van der Waals surface area contributed by atoms with Crippen molar-refractivity contribution < 1.29 is 4.74 Å². The standard InChI is InChI=1S/C12H22N2O/c1-4-5-11-6-7-12(14(11)2)10-13-8-9-15-3/h6-7,13H,4-5,8-10H2,1-3H3. The molecule has 1 N–H and O–H groups in total. The van der Waals surface area contributed by atoms with Crippen LogP contribution in [0.4, 0.5) is 0 Å². The Bertz CT molecular complexity index is 281. The summed E-state index contributed by atoms with van der Waals surface area (Å²) < 4.78 is 7.27. The van der Waals surface area contributed by atoms with Crippen LogP contribution in [0.15, 0.2) is 12.1 Å². The van der Waals surface area contributed by atoms with E-state index in [0.29, 0.717) is 0 Å². The van der Waals surface area contributed by atoms with Crippen molar-refractivity contribution in [3.63, 3.8) is 0 Å². The Kier molecular flexibility index (Phi) is 5.43. The zero-order valence-electron chi connectivity index (χ0n) is 10.0. The highest BCUT2D eigenvalue weighted by molar-refractivity contribution is 5.16. The fraction of sp³-hybridized carbons (Fsp3) is 0.667. The molecular formula is C12H22N2O. The van der Waals surface area contributed by atoms with Crippen LogP contribution in [0, 0.1) is 0 Å². The Labute approximate surface area is 92.4 Å². The predicted octanol–water partition coefficient (Wildman–Crippen LogP) is 1.71. The lowest BCUT2D eigenvalue weighted by Gasteiger charge is -2.08. The number of rotatable bonds is 7. The van der Waals surface area contributed by atoms with Crippen LogP contribution >= 0.6 is 0 Å². The van der Waals surface area contributed by atoms with Crippen molar-refractivity contribution >= 4 is 0 Å². The number of aromatic nitrogens is 1. The van der Waals surface area contributed by atoms with Crippen molar-refractivity contribution in [2.75, 3.05) is 20.3 Å². The summed E-state index contributed by atoms with van der Waals surface area (Å²) in [6, 6.07) is 4.42. The molecule has 15 heavy (non-hydrogen) atoms. The van der Waals surface area contributed by atoms with Gasteiger partial charge in [0.2, 0.25) is 0 Å². The van der Waals surface area contributed by atoms with Crippen LogP contribution in [0.1, 0.15) is 24.7 Å². The van der Waals surface area contributed by atoms with Crippen LogP contribution in [0.25, 0.3) is 0 Å². The van der Waals surface area contributed by atoms with Crippen LogP contribution < -0.4 is 5.32 Å². The minimum Gasteiger partial charge on any atom is -0.383 e. The van der Waals surface area contributed by atoms with Gasteiger partial charge in [0.25, 0.3) is 0 Å².